The fourth-order valence-electron chi connectivity index (χ4n) is 2.78. The van der Waals surface area contributed by atoms with Crippen molar-refractivity contribution in [2.75, 3.05) is 13.3 Å². The molecule has 0 fully saturated rings. The first-order valence-corrected chi connectivity index (χ1v) is 11.5. The summed E-state index contributed by atoms with van der Waals surface area (Å²) in [7, 11) is -3.47. The SMILES string of the molecule is COC(=O)[C@H](CC[P+](O)(O)C(=O)c1cc(O)c(O)c([N+](=O)[O-])c1)NC(=O)OCc1ccccc1. The first kappa shape index (κ1) is 26.5. The van der Waals surface area contributed by atoms with Crippen molar-refractivity contribution in [3.63, 3.8) is 0 Å². The van der Waals surface area contributed by atoms with Gasteiger partial charge in [-0.25, -0.2) is 24.2 Å². The number of hydrogen-bond acceptors (Lipinski definition) is 11. The Balaban J connectivity index is 2.08. The van der Waals surface area contributed by atoms with Gasteiger partial charge in [-0.05, 0) is 11.6 Å². The molecule has 2 aromatic rings. The van der Waals surface area contributed by atoms with Gasteiger partial charge in [-0.15, -0.1) is 0 Å². The predicted octanol–water partition coefficient (Wildman–Crippen LogP) is 1.84. The van der Waals surface area contributed by atoms with Crippen LogP contribution in [0.5, 0.6) is 11.5 Å². The van der Waals surface area contributed by atoms with E-state index in [1.165, 1.54) is 0 Å². The number of alkyl carbamates (subject to hydrolysis) is 1. The highest BCUT2D eigenvalue weighted by Crippen LogP contribution is 2.54. The average Bonchev–Trinajstić information content (AvgIpc) is 2.81. The van der Waals surface area contributed by atoms with E-state index in [2.05, 4.69) is 10.1 Å². The molecule has 5 N–H and O–H groups in total. The largest absolute Gasteiger partial charge is 0.504 e. The standard InChI is InChI=1S/C20H21N2O11P/c1-32-18(25)14(21-20(27)33-11-12-5-3-2-4-6-12)7-8-34(30,31)19(26)13-9-15(22(28)29)17(24)16(23)10-13/h2-6,9-10,14,30-31H,7-8,11H2,1H3,(H2-,21,23,24,26,27)/p+1/t14-/m0/s1. The number of aromatic hydroxyl groups is 2. The van der Waals surface area contributed by atoms with Crippen molar-refractivity contribution in [2.24, 2.45) is 0 Å². The lowest BCUT2D eigenvalue weighted by Crippen LogP contribution is -2.42. The number of amides is 1. The third-order valence-corrected chi connectivity index (χ3v) is 6.35. The number of rotatable bonds is 10. The fraction of sp³-hybridized carbons (Fsp3) is 0.250. The van der Waals surface area contributed by atoms with Crippen LogP contribution in [-0.2, 0) is 20.9 Å². The van der Waals surface area contributed by atoms with Gasteiger partial charge in [-0.2, -0.15) is 0 Å². The zero-order chi connectivity index (χ0) is 25.5. The number of nitro groups is 1. The van der Waals surface area contributed by atoms with Crippen molar-refractivity contribution in [3.05, 3.63) is 63.7 Å². The van der Waals surface area contributed by atoms with Crippen LogP contribution >= 0.6 is 7.72 Å². The van der Waals surface area contributed by atoms with Crippen LogP contribution in [-0.4, -0.2) is 61.8 Å². The minimum absolute atomic E-state index is 0.0981. The molecule has 0 radical (unpaired) electrons. The molecule has 0 heterocycles. The zero-order valence-corrected chi connectivity index (χ0v) is 18.7. The highest BCUT2D eigenvalue weighted by Gasteiger charge is 2.46. The van der Waals surface area contributed by atoms with E-state index in [4.69, 9.17) is 4.74 Å². The lowest BCUT2D eigenvalue weighted by Gasteiger charge is -2.18. The minimum Gasteiger partial charge on any atom is -0.504 e. The molecule has 182 valence electrons. The van der Waals surface area contributed by atoms with Crippen LogP contribution in [0.3, 0.4) is 0 Å². The molecule has 0 aliphatic heterocycles. The number of nitrogens with one attached hydrogen (secondary N) is 1. The van der Waals surface area contributed by atoms with Crippen LogP contribution in [0.2, 0.25) is 0 Å². The molecule has 0 aromatic heterocycles. The zero-order valence-electron chi connectivity index (χ0n) is 17.8. The molecule has 0 aliphatic rings. The average molecular weight is 497 g/mol. The number of ether oxygens (including phenoxy) is 2. The molecule has 13 nitrogen and oxygen atoms in total. The minimum atomic E-state index is -4.51. The number of esters is 1. The van der Waals surface area contributed by atoms with Gasteiger partial charge in [0.15, 0.2) is 5.75 Å². The quantitative estimate of drug-likeness (QED) is 0.105. The molecule has 1 amide bonds. The van der Waals surface area contributed by atoms with Gasteiger partial charge in [0.1, 0.15) is 18.8 Å². The fourth-order valence-corrected chi connectivity index (χ4v) is 4.15. The third kappa shape index (κ3) is 6.85. The monoisotopic (exact) mass is 497 g/mol. The smallest absolute Gasteiger partial charge is 0.408 e. The van der Waals surface area contributed by atoms with Gasteiger partial charge in [0.25, 0.3) is 0 Å². The molecule has 1 atom stereocenters. The van der Waals surface area contributed by atoms with E-state index in [0.29, 0.717) is 17.7 Å². The summed E-state index contributed by atoms with van der Waals surface area (Å²) in [6.07, 6.45) is -2.16. The molecule has 0 spiro atoms. The maximum Gasteiger partial charge on any atom is 0.408 e. The van der Waals surface area contributed by atoms with Crippen LogP contribution in [0.4, 0.5) is 10.5 Å². The molecular weight excluding hydrogens is 475 g/mol. The Kier molecular flexibility index (Phi) is 8.84. The summed E-state index contributed by atoms with van der Waals surface area (Å²) in [6.45, 7) is -0.0981. The maximum atomic E-state index is 12.5. The molecule has 0 unspecified atom stereocenters. The third-order valence-electron chi connectivity index (χ3n) is 4.56. The van der Waals surface area contributed by atoms with E-state index in [1.807, 2.05) is 0 Å². The van der Waals surface area contributed by atoms with E-state index in [1.54, 1.807) is 30.3 Å². The molecule has 34 heavy (non-hydrogen) atoms. The Morgan fingerprint density at radius 2 is 1.79 bits per heavy atom. The van der Waals surface area contributed by atoms with E-state index in [-0.39, 0.29) is 6.61 Å². The van der Waals surface area contributed by atoms with Crippen molar-refractivity contribution in [2.45, 2.75) is 19.1 Å². The summed E-state index contributed by atoms with van der Waals surface area (Å²) >= 11 is 0. The number of nitrogens with zero attached hydrogens (tertiary/aromatic N) is 1. The molecule has 2 aromatic carbocycles. The van der Waals surface area contributed by atoms with Crippen LogP contribution in [0, 0.1) is 10.1 Å². The number of carbonyl (C=O) groups is 3. The highest BCUT2D eigenvalue weighted by molar-refractivity contribution is 7.81. The van der Waals surface area contributed by atoms with Crippen LogP contribution < -0.4 is 5.32 Å². The summed E-state index contributed by atoms with van der Waals surface area (Å²) in [5.41, 5.74) is -2.32. The van der Waals surface area contributed by atoms with Gasteiger partial charge in [0.2, 0.25) is 5.75 Å². The number of hydrogen-bond donors (Lipinski definition) is 5. The van der Waals surface area contributed by atoms with Gasteiger partial charge in [0, 0.05) is 12.5 Å². The Hall–Kier alpha value is -3.80. The molecule has 0 saturated carbocycles. The summed E-state index contributed by atoms with van der Waals surface area (Å²) < 4.78 is 9.58. The Morgan fingerprint density at radius 3 is 2.38 bits per heavy atom. The second kappa shape index (κ2) is 11.4. The molecule has 2 rings (SSSR count). The van der Waals surface area contributed by atoms with Crippen molar-refractivity contribution in [3.8, 4) is 11.5 Å². The summed E-state index contributed by atoms with van der Waals surface area (Å²) in [6, 6.07) is 8.48. The highest BCUT2D eigenvalue weighted by atomic mass is 31.2. The van der Waals surface area contributed by atoms with Crippen LogP contribution in [0.15, 0.2) is 42.5 Å². The van der Waals surface area contributed by atoms with E-state index in [9.17, 15) is 44.5 Å². The topological polar surface area (TPSA) is 206 Å². The second-order valence-corrected chi connectivity index (χ2v) is 9.26. The number of phenolic OH excluding ortho intramolecular Hbond substituents is 2. The Labute approximate surface area is 193 Å². The van der Waals surface area contributed by atoms with Crippen LogP contribution in [0.25, 0.3) is 0 Å². The Morgan fingerprint density at radius 1 is 1.15 bits per heavy atom. The summed E-state index contributed by atoms with van der Waals surface area (Å²) in [5, 5.41) is 32.3. The first-order valence-electron chi connectivity index (χ1n) is 9.60. The number of nitro benzene ring substituents is 1. The predicted molar refractivity (Wildman–Crippen MR) is 117 cm³/mol. The molecule has 0 aliphatic carbocycles. The van der Waals surface area contributed by atoms with Crippen molar-refractivity contribution in [1.82, 2.24) is 5.32 Å². The molecule has 0 bridgehead atoms. The molecule has 0 saturated heterocycles. The van der Waals surface area contributed by atoms with Gasteiger partial charge in [0.05, 0.1) is 17.6 Å². The van der Waals surface area contributed by atoms with Gasteiger partial charge in [-0.1, -0.05) is 30.3 Å². The van der Waals surface area contributed by atoms with Crippen molar-refractivity contribution < 1.29 is 48.8 Å². The van der Waals surface area contributed by atoms with Gasteiger partial charge in [-0.3, -0.25) is 10.1 Å². The number of carbonyl (C=O) groups excluding carboxylic acids is 3. The summed E-state index contributed by atoms with van der Waals surface area (Å²) in [4.78, 5) is 67.2. The van der Waals surface area contributed by atoms with Gasteiger partial charge >= 0.3 is 31.0 Å². The summed E-state index contributed by atoms with van der Waals surface area (Å²) in [5.74, 6) is -3.04. The lowest BCUT2D eigenvalue weighted by atomic mass is 10.2. The second-order valence-electron chi connectivity index (χ2n) is 6.95. The Bertz CT molecular complexity index is 1080. The molecular formula is C20H22N2O11P+. The first-order chi connectivity index (χ1) is 16.0. The molecule has 14 heteroatoms. The maximum absolute atomic E-state index is 12.5. The van der Waals surface area contributed by atoms with E-state index in [0.717, 1.165) is 7.11 Å². The van der Waals surface area contributed by atoms with Crippen molar-refractivity contribution in [1.29, 1.82) is 0 Å². The number of benzene rings is 2. The number of phenols is 2. The van der Waals surface area contributed by atoms with Gasteiger partial charge < -0.3 is 25.0 Å². The normalized spacial score (nSPS) is 11.9. The number of methoxy groups -OCH3 is 1. The van der Waals surface area contributed by atoms with Crippen LogP contribution in [0.1, 0.15) is 22.3 Å². The van der Waals surface area contributed by atoms with Crippen molar-refractivity contribution >= 4 is 31.0 Å². The lowest BCUT2D eigenvalue weighted by molar-refractivity contribution is -0.386. The van der Waals surface area contributed by atoms with E-state index < -0.39 is 71.6 Å². The van der Waals surface area contributed by atoms with E-state index >= 15 is 0 Å².